The summed E-state index contributed by atoms with van der Waals surface area (Å²) >= 11 is 6.08. The zero-order chi connectivity index (χ0) is 18.6. The second-order valence-corrected chi connectivity index (χ2v) is 6.21. The van der Waals surface area contributed by atoms with Crippen molar-refractivity contribution in [2.75, 3.05) is 5.32 Å². The molecule has 1 amide bonds. The van der Waals surface area contributed by atoms with Gasteiger partial charge < -0.3 is 9.84 Å². The molecule has 4 aromatic rings. The molecule has 3 aromatic carbocycles. The molecule has 0 unspecified atom stereocenters. The minimum Gasteiger partial charge on any atom is -0.334 e. The first-order valence-electron chi connectivity index (χ1n) is 8.26. The number of halogens is 1. The summed E-state index contributed by atoms with van der Waals surface area (Å²) in [6, 6.07) is 23.7. The Morgan fingerprint density at radius 1 is 0.889 bits per heavy atom. The molecular formula is C21H14ClN3O2. The van der Waals surface area contributed by atoms with Crippen LogP contribution in [0.15, 0.2) is 83.4 Å². The Morgan fingerprint density at radius 2 is 1.63 bits per heavy atom. The molecule has 6 heteroatoms. The summed E-state index contributed by atoms with van der Waals surface area (Å²) in [5.74, 6) is 0.604. The lowest BCUT2D eigenvalue weighted by Crippen LogP contribution is -2.12. The molecule has 4 rings (SSSR count). The Bertz CT molecular complexity index is 1090. The summed E-state index contributed by atoms with van der Waals surface area (Å²) in [6.07, 6.45) is 0. The predicted octanol–water partition coefficient (Wildman–Crippen LogP) is 5.31. The van der Waals surface area contributed by atoms with E-state index in [2.05, 4.69) is 15.5 Å². The van der Waals surface area contributed by atoms with Crippen LogP contribution in [0, 0.1) is 0 Å². The summed E-state index contributed by atoms with van der Waals surface area (Å²) < 4.78 is 5.37. The normalized spacial score (nSPS) is 10.6. The number of nitrogens with one attached hydrogen (secondary N) is 1. The highest BCUT2D eigenvalue weighted by Crippen LogP contribution is 2.25. The molecular weight excluding hydrogens is 362 g/mol. The second-order valence-electron chi connectivity index (χ2n) is 5.80. The van der Waals surface area contributed by atoms with E-state index < -0.39 is 0 Å². The third-order valence-electron chi connectivity index (χ3n) is 3.94. The van der Waals surface area contributed by atoms with Crippen molar-refractivity contribution in [1.29, 1.82) is 0 Å². The zero-order valence-corrected chi connectivity index (χ0v) is 14.9. The van der Waals surface area contributed by atoms with Crippen LogP contribution in [-0.4, -0.2) is 16.0 Å². The van der Waals surface area contributed by atoms with E-state index in [0.29, 0.717) is 33.6 Å². The van der Waals surface area contributed by atoms with Gasteiger partial charge in [-0.2, -0.15) is 4.98 Å². The minimum atomic E-state index is -0.284. The fourth-order valence-corrected chi connectivity index (χ4v) is 2.84. The van der Waals surface area contributed by atoms with Crippen molar-refractivity contribution >= 4 is 23.2 Å². The molecule has 0 aliphatic rings. The van der Waals surface area contributed by atoms with Crippen molar-refractivity contribution in [3.05, 3.63) is 89.4 Å². The van der Waals surface area contributed by atoms with E-state index in [0.717, 1.165) is 5.56 Å². The van der Waals surface area contributed by atoms with Gasteiger partial charge >= 0.3 is 0 Å². The van der Waals surface area contributed by atoms with Crippen LogP contribution >= 0.6 is 11.6 Å². The molecule has 5 nitrogen and oxygen atoms in total. The summed E-state index contributed by atoms with van der Waals surface area (Å²) in [6.45, 7) is 0. The van der Waals surface area contributed by atoms with Gasteiger partial charge in [0, 0.05) is 16.8 Å². The van der Waals surface area contributed by atoms with Crippen molar-refractivity contribution in [2.45, 2.75) is 0 Å². The van der Waals surface area contributed by atoms with Crippen LogP contribution in [-0.2, 0) is 0 Å². The van der Waals surface area contributed by atoms with E-state index in [9.17, 15) is 4.79 Å². The van der Waals surface area contributed by atoms with Gasteiger partial charge in [-0.3, -0.25) is 4.79 Å². The van der Waals surface area contributed by atoms with E-state index in [1.807, 2.05) is 42.5 Å². The van der Waals surface area contributed by atoms with Crippen LogP contribution in [0.4, 0.5) is 5.69 Å². The van der Waals surface area contributed by atoms with Crippen LogP contribution in [0.3, 0.4) is 0 Å². The number of carbonyl (C=O) groups excluding carboxylic acids is 1. The molecule has 1 N–H and O–H groups in total. The number of aromatic nitrogens is 2. The predicted molar refractivity (Wildman–Crippen MR) is 105 cm³/mol. The maximum Gasteiger partial charge on any atom is 0.258 e. The fourth-order valence-electron chi connectivity index (χ4n) is 2.62. The molecule has 0 saturated carbocycles. The highest BCUT2D eigenvalue weighted by atomic mass is 35.5. The molecule has 0 bridgehead atoms. The molecule has 0 saturated heterocycles. The van der Waals surface area contributed by atoms with E-state index in [1.54, 1.807) is 36.4 Å². The lowest BCUT2D eigenvalue weighted by molar-refractivity contribution is 0.102. The van der Waals surface area contributed by atoms with Crippen LogP contribution in [0.2, 0.25) is 5.02 Å². The number of nitrogens with zero attached hydrogens (tertiary/aromatic N) is 2. The first-order chi connectivity index (χ1) is 13.2. The number of amides is 1. The fraction of sp³-hybridized carbons (Fsp3) is 0. The van der Waals surface area contributed by atoms with Gasteiger partial charge in [-0.1, -0.05) is 65.3 Å². The van der Waals surface area contributed by atoms with Gasteiger partial charge in [0.25, 0.3) is 11.8 Å². The molecule has 0 aliphatic carbocycles. The van der Waals surface area contributed by atoms with E-state index >= 15 is 0 Å². The largest absolute Gasteiger partial charge is 0.334 e. The lowest BCUT2D eigenvalue weighted by atomic mass is 10.1. The number of hydrogen-bond donors (Lipinski definition) is 1. The maximum absolute atomic E-state index is 12.4. The van der Waals surface area contributed by atoms with Crippen LogP contribution in [0.1, 0.15) is 10.4 Å². The molecule has 0 fully saturated rings. The van der Waals surface area contributed by atoms with Gasteiger partial charge in [0.1, 0.15) is 0 Å². The average molecular weight is 376 g/mol. The van der Waals surface area contributed by atoms with E-state index in [1.165, 1.54) is 0 Å². The van der Waals surface area contributed by atoms with Gasteiger partial charge in [-0.25, -0.2) is 0 Å². The number of carbonyl (C=O) groups is 1. The number of hydrogen-bond acceptors (Lipinski definition) is 4. The standard InChI is InChI=1S/C21H14ClN3O2/c22-18-12-5-4-11-17(18)20(26)23-16-10-6-9-15(13-16)21-24-19(25-27-21)14-7-2-1-3-8-14/h1-13H,(H,23,26). The van der Waals surface area contributed by atoms with Crippen LogP contribution in [0.25, 0.3) is 22.8 Å². The number of rotatable bonds is 4. The molecule has 0 radical (unpaired) electrons. The Labute approximate surface area is 160 Å². The minimum absolute atomic E-state index is 0.284. The Morgan fingerprint density at radius 3 is 2.44 bits per heavy atom. The van der Waals surface area contributed by atoms with Gasteiger partial charge in [0.15, 0.2) is 0 Å². The lowest BCUT2D eigenvalue weighted by Gasteiger charge is -2.07. The highest BCUT2D eigenvalue weighted by Gasteiger charge is 2.13. The van der Waals surface area contributed by atoms with Crippen molar-refractivity contribution in [1.82, 2.24) is 10.1 Å². The maximum atomic E-state index is 12.4. The van der Waals surface area contributed by atoms with Crippen molar-refractivity contribution in [2.24, 2.45) is 0 Å². The Balaban J connectivity index is 1.57. The van der Waals surface area contributed by atoms with Crippen molar-refractivity contribution in [3.63, 3.8) is 0 Å². The molecule has 0 spiro atoms. The molecule has 0 aliphatic heterocycles. The van der Waals surface area contributed by atoms with Gasteiger partial charge in [0.05, 0.1) is 10.6 Å². The molecule has 1 heterocycles. The zero-order valence-electron chi connectivity index (χ0n) is 14.1. The van der Waals surface area contributed by atoms with E-state index in [-0.39, 0.29) is 5.91 Å². The van der Waals surface area contributed by atoms with Gasteiger partial charge in [0.2, 0.25) is 5.82 Å². The monoisotopic (exact) mass is 375 g/mol. The molecule has 0 atom stereocenters. The number of benzene rings is 3. The SMILES string of the molecule is O=C(Nc1cccc(-c2nc(-c3ccccc3)no2)c1)c1ccccc1Cl. The summed E-state index contributed by atoms with van der Waals surface area (Å²) in [5.41, 5.74) is 2.60. The Kier molecular flexibility index (Phi) is 4.68. The molecule has 1 aromatic heterocycles. The van der Waals surface area contributed by atoms with Gasteiger partial charge in [-0.15, -0.1) is 0 Å². The molecule has 132 valence electrons. The number of anilines is 1. The summed E-state index contributed by atoms with van der Waals surface area (Å²) in [4.78, 5) is 16.9. The van der Waals surface area contributed by atoms with Crippen molar-refractivity contribution in [3.8, 4) is 22.8 Å². The average Bonchev–Trinajstić information content (AvgIpc) is 3.19. The highest BCUT2D eigenvalue weighted by molar-refractivity contribution is 6.34. The first kappa shape index (κ1) is 17.0. The quantitative estimate of drug-likeness (QED) is 0.525. The molecule has 27 heavy (non-hydrogen) atoms. The van der Waals surface area contributed by atoms with Crippen LogP contribution < -0.4 is 5.32 Å². The topological polar surface area (TPSA) is 68.0 Å². The van der Waals surface area contributed by atoms with Crippen molar-refractivity contribution < 1.29 is 9.32 Å². The third-order valence-corrected chi connectivity index (χ3v) is 4.27. The first-order valence-corrected chi connectivity index (χ1v) is 8.64. The second kappa shape index (κ2) is 7.43. The van der Waals surface area contributed by atoms with E-state index in [4.69, 9.17) is 16.1 Å². The third kappa shape index (κ3) is 3.73. The van der Waals surface area contributed by atoms with Gasteiger partial charge in [-0.05, 0) is 30.3 Å². The summed E-state index contributed by atoms with van der Waals surface area (Å²) in [7, 11) is 0. The Hall–Kier alpha value is -3.44. The smallest absolute Gasteiger partial charge is 0.258 e. The summed E-state index contributed by atoms with van der Waals surface area (Å²) in [5, 5.41) is 7.25. The van der Waals surface area contributed by atoms with Crippen LogP contribution in [0.5, 0.6) is 0 Å².